The van der Waals surface area contributed by atoms with Crippen molar-refractivity contribution in [3.05, 3.63) is 46.3 Å². The molecular formula is C21H20ClFN5+. The van der Waals surface area contributed by atoms with Crippen LogP contribution in [0, 0.1) is 62.5 Å². The number of nitrogens with one attached hydrogen (secondary N) is 2. The van der Waals surface area contributed by atoms with Crippen molar-refractivity contribution in [2.24, 2.45) is 17.3 Å². The number of nitrogens with zero attached hydrogens (tertiary/aromatic N) is 3. The van der Waals surface area contributed by atoms with Gasteiger partial charge in [-0.15, -0.1) is 0 Å². The highest BCUT2D eigenvalue weighted by molar-refractivity contribution is 6.31. The maximum atomic E-state index is 14.9. The van der Waals surface area contributed by atoms with Gasteiger partial charge in [0.05, 0.1) is 43.6 Å². The molecule has 0 saturated heterocycles. The first kappa shape index (κ1) is 20.0. The van der Waals surface area contributed by atoms with Gasteiger partial charge in [0, 0.05) is 22.4 Å². The van der Waals surface area contributed by atoms with E-state index < -0.39 is 29.0 Å². The maximum absolute atomic E-state index is 14.9. The minimum atomic E-state index is -1.94. The highest BCUT2D eigenvalue weighted by Crippen LogP contribution is 2.54. The lowest BCUT2D eigenvalue weighted by Gasteiger charge is -2.46. The van der Waals surface area contributed by atoms with Crippen molar-refractivity contribution in [1.29, 1.82) is 21.2 Å². The van der Waals surface area contributed by atoms with E-state index in [4.69, 9.17) is 17.0 Å². The number of halogens is 2. The summed E-state index contributed by atoms with van der Waals surface area (Å²) in [5, 5.41) is 38.3. The highest BCUT2D eigenvalue weighted by Gasteiger charge is 2.59. The summed E-state index contributed by atoms with van der Waals surface area (Å²) in [4.78, 5) is 1.24. The second-order valence-electron chi connectivity index (χ2n) is 7.34. The average molecular weight is 397 g/mol. The predicted molar refractivity (Wildman–Crippen MR) is 102 cm³/mol. The highest BCUT2D eigenvalue weighted by atomic mass is 35.5. The van der Waals surface area contributed by atoms with Crippen LogP contribution in [-0.4, -0.2) is 25.3 Å². The lowest BCUT2D eigenvalue weighted by atomic mass is 9.54. The molecule has 1 heterocycles. The summed E-state index contributed by atoms with van der Waals surface area (Å²) in [5.41, 5.74) is -1.44. The molecule has 0 bridgehead atoms. The fraction of sp³-hybridized carbons (Fsp3) is 0.429. The van der Waals surface area contributed by atoms with Crippen LogP contribution in [0.25, 0.3) is 0 Å². The number of benzene rings is 1. The van der Waals surface area contributed by atoms with Crippen LogP contribution in [0.2, 0.25) is 5.02 Å². The Bertz CT molecular complexity index is 930. The third-order valence-corrected chi connectivity index (χ3v) is 6.20. The molecule has 2 N–H and O–H groups in total. The SMILES string of the molecule is CCC[NH+]1CC=C2C(C#N)C(=N)C(C#N)(C#N)[C@@H](c3c(F)cccc3Cl)[C@H]2C1. The molecule has 7 heteroatoms. The van der Waals surface area contributed by atoms with Crippen LogP contribution in [0.15, 0.2) is 29.8 Å². The number of hydrogen-bond acceptors (Lipinski definition) is 4. The third-order valence-electron chi connectivity index (χ3n) is 5.87. The fourth-order valence-corrected chi connectivity index (χ4v) is 4.92. The van der Waals surface area contributed by atoms with E-state index in [2.05, 4.69) is 13.0 Å². The second-order valence-corrected chi connectivity index (χ2v) is 7.75. The Morgan fingerprint density at radius 2 is 2.04 bits per heavy atom. The number of quaternary nitrogens is 1. The molecule has 1 aromatic rings. The van der Waals surface area contributed by atoms with E-state index in [9.17, 15) is 20.2 Å². The minimum absolute atomic E-state index is 0.0852. The Kier molecular flexibility index (Phi) is 5.52. The zero-order valence-corrected chi connectivity index (χ0v) is 16.2. The van der Waals surface area contributed by atoms with Crippen molar-refractivity contribution < 1.29 is 9.29 Å². The second kappa shape index (κ2) is 7.72. The van der Waals surface area contributed by atoms with Crippen LogP contribution in [0.1, 0.15) is 24.8 Å². The van der Waals surface area contributed by atoms with Gasteiger partial charge < -0.3 is 10.3 Å². The lowest BCUT2D eigenvalue weighted by Crippen LogP contribution is -3.13. The third kappa shape index (κ3) is 2.89. The average Bonchev–Trinajstić information content (AvgIpc) is 2.69. The standard InChI is InChI=1S/C21H19ClFN5/c1-2-7-28-8-6-13-14(9-24)20(27)21(11-25,12-26)19(15(13)10-28)18-16(22)4-3-5-17(18)23/h3-6,14-15,19,27H,2,7-8,10H2,1H3/p+1/t14?,15-,19+/m0/s1. The molecule has 0 radical (unpaired) electrons. The summed E-state index contributed by atoms with van der Waals surface area (Å²) in [6, 6.07) is 10.3. The molecule has 2 aliphatic rings. The topological polar surface area (TPSA) is 99.7 Å². The molecule has 28 heavy (non-hydrogen) atoms. The van der Waals surface area contributed by atoms with Gasteiger partial charge in [-0.2, -0.15) is 15.8 Å². The van der Waals surface area contributed by atoms with Gasteiger partial charge in [-0.25, -0.2) is 4.39 Å². The summed E-state index contributed by atoms with van der Waals surface area (Å²) >= 11 is 6.33. The van der Waals surface area contributed by atoms with Crippen LogP contribution < -0.4 is 4.90 Å². The van der Waals surface area contributed by atoms with Gasteiger partial charge in [0.25, 0.3) is 0 Å². The summed E-state index contributed by atoms with van der Waals surface area (Å²) in [6.45, 7) is 4.22. The summed E-state index contributed by atoms with van der Waals surface area (Å²) in [5.74, 6) is -2.90. The number of hydrogen-bond donors (Lipinski definition) is 2. The lowest BCUT2D eigenvalue weighted by molar-refractivity contribution is -0.899. The van der Waals surface area contributed by atoms with E-state index in [1.165, 1.54) is 23.1 Å². The van der Waals surface area contributed by atoms with E-state index >= 15 is 0 Å². The molecule has 3 rings (SSSR count). The molecule has 1 fully saturated rings. The maximum Gasteiger partial charge on any atom is 0.190 e. The molecule has 4 atom stereocenters. The number of fused-ring (bicyclic) bond motifs is 1. The monoisotopic (exact) mass is 396 g/mol. The Labute approximate surface area is 168 Å². The van der Waals surface area contributed by atoms with Crippen molar-refractivity contribution in [1.82, 2.24) is 0 Å². The van der Waals surface area contributed by atoms with E-state index in [0.29, 0.717) is 18.7 Å². The summed E-state index contributed by atoms with van der Waals surface area (Å²) in [6.07, 6.45) is 2.89. The van der Waals surface area contributed by atoms with Crippen LogP contribution >= 0.6 is 11.6 Å². The quantitative estimate of drug-likeness (QED) is 0.768. The molecule has 0 amide bonds. The molecular weight excluding hydrogens is 377 g/mol. The predicted octanol–water partition coefficient (Wildman–Crippen LogP) is 2.62. The summed E-state index contributed by atoms with van der Waals surface area (Å²) < 4.78 is 14.9. The largest absolute Gasteiger partial charge is 0.331 e. The molecule has 0 aromatic heterocycles. The minimum Gasteiger partial charge on any atom is -0.331 e. The zero-order valence-electron chi connectivity index (χ0n) is 15.5. The molecule has 2 unspecified atom stereocenters. The van der Waals surface area contributed by atoms with Gasteiger partial charge in [-0.1, -0.05) is 24.6 Å². The van der Waals surface area contributed by atoms with Gasteiger partial charge in [0.15, 0.2) is 5.41 Å². The van der Waals surface area contributed by atoms with Crippen LogP contribution in [0.3, 0.4) is 0 Å². The van der Waals surface area contributed by atoms with Crippen LogP contribution in [0.5, 0.6) is 0 Å². The molecule has 1 aromatic carbocycles. The van der Waals surface area contributed by atoms with Crippen LogP contribution in [-0.2, 0) is 0 Å². The Hall–Kier alpha value is -2.72. The number of nitriles is 3. The Balaban J connectivity index is 2.29. The van der Waals surface area contributed by atoms with Crippen LogP contribution in [0.4, 0.5) is 4.39 Å². The smallest absolute Gasteiger partial charge is 0.190 e. The first-order valence-electron chi connectivity index (χ1n) is 9.23. The van der Waals surface area contributed by atoms with Crippen molar-refractivity contribution in [3.63, 3.8) is 0 Å². The van der Waals surface area contributed by atoms with Crippen molar-refractivity contribution in [3.8, 4) is 18.2 Å². The first-order chi connectivity index (χ1) is 13.4. The van der Waals surface area contributed by atoms with Gasteiger partial charge >= 0.3 is 0 Å². The zero-order chi connectivity index (χ0) is 20.5. The molecule has 1 aliphatic carbocycles. The Morgan fingerprint density at radius 1 is 1.32 bits per heavy atom. The van der Waals surface area contributed by atoms with Crippen molar-refractivity contribution in [2.45, 2.75) is 19.3 Å². The molecule has 142 valence electrons. The molecule has 1 saturated carbocycles. The molecule has 1 aliphatic heterocycles. The van der Waals surface area contributed by atoms with E-state index in [0.717, 1.165) is 13.0 Å². The van der Waals surface area contributed by atoms with Gasteiger partial charge in [-0.05, 0) is 30.2 Å². The van der Waals surface area contributed by atoms with E-state index in [1.54, 1.807) is 0 Å². The molecule has 5 nitrogen and oxygen atoms in total. The van der Waals surface area contributed by atoms with Gasteiger partial charge in [0.1, 0.15) is 11.7 Å². The van der Waals surface area contributed by atoms with Crippen molar-refractivity contribution in [2.75, 3.05) is 19.6 Å². The van der Waals surface area contributed by atoms with Crippen molar-refractivity contribution >= 4 is 17.3 Å². The van der Waals surface area contributed by atoms with Gasteiger partial charge in [0.2, 0.25) is 0 Å². The van der Waals surface area contributed by atoms with E-state index in [-0.39, 0.29) is 16.3 Å². The summed E-state index contributed by atoms with van der Waals surface area (Å²) in [7, 11) is 0. The fourth-order valence-electron chi connectivity index (χ4n) is 4.64. The Morgan fingerprint density at radius 3 is 2.61 bits per heavy atom. The van der Waals surface area contributed by atoms with E-state index in [1.807, 2.05) is 18.2 Å². The molecule has 0 spiro atoms. The van der Waals surface area contributed by atoms with Gasteiger partial charge in [-0.3, -0.25) is 0 Å². The normalized spacial score (nSPS) is 28.3. The first-order valence-corrected chi connectivity index (χ1v) is 9.61. The number of rotatable bonds is 3.